The molecule has 3 aliphatic heterocycles. The number of nitrogens with zero attached hydrogens (tertiary/aromatic N) is 2. The number of phenols is 1. The number of fused-ring (bicyclic) bond motifs is 5. The average molecular weight is 478 g/mol. The van der Waals surface area contributed by atoms with Gasteiger partial charge in [-0.3, -0.25) is 4.79 Å². The number of aromatic nitrogens is 3. The monoisotopic (exact) mass is 477 g/mol. The number of para-hydroxylation sites is 2. The number of pyridine rings is 1. The van der Waals surface area contributed by atoms with Gasteiger partial charge >= 0.3 is 0 Å². The fraction of sp³-hybridized carbons (Fsp3) is 0.241. The Morgan fingerprint density at radius 3 is 2.44 bits per heavy atom. The second kappa shape index (κ2) is 8.24. The third-order valence-corrected chi connectivity index (χ3v) is 7.83. The third kappa shape index (κ3) is 3.55. The summed E-state index contributed by atoms with van der Waals surface area (Å²) in [6.07, 6.45) is 2.36. The first kappa shape index (κ1) is 21.2. The maximum absolute atomic E-state index is 13.5. The number of nitrogens with one attached hydrogen (secondary N) is 3. The lowest BCUT2D eigenvalue weighted by molar-refractivity contribution is 0.0976. The highest BCUT2D eigenvalue weighted by molar-refractivity contribution is 6.01. The molecule has 0 unspecified atom stereocenters. The van der Waals surface area contributed by atoms with Crippen molar-refractivity contribution in [2.45, 2.75) is 18.9 Å². The zero-order valence-corrected chi connectivity index (χ0v) is 19.8. The molecule has 0 radical (unpaired) electrons. The summed E-state index contributed by atoms with van der Waals surface area (Å²) in [5, 5.41) is 14.5. The van der Waals surface area contributed by atoms with Crippen molar-refractivity contribution in [3.63, 3.8) is 0 Å². The molecule has 2 bridgehead atoms. The number of benzene rings is 3. The smallest absolute Gasteiger partial charge is 0.261 e. The molecule has 3 aliphatic rings. The molecular weight excluding hydrogens is 450 g/mol. The van der Waals surface area contributed by atoms with Crippen molar-refractivity contribution in [3.8, 4) is 28.3 Å². The van der Waals surface area contributed by atoms with Crippen LogP contribution in [0.4, 0.5) is 5.69 Å². The maximum Gasteiger partial charge on any atom is 0.261 e. The number of piperidine rings is 3. The summed E-state index contributed by atoms with van der Waals surface area (Å²) >= 11 is 0. The summed E-state index contributed by atoms with van der Waals surface area (Å²) in [6, 6.07) is 21.4. The molecule has 0 aliphatic carbocycles. The Kier molecular flexibility index (Phi) is 4.85. The van der Waals surface area contributed by atoms with E-state index in [1.54, 1.807) is 12.1 Å². The second-order valence-corrected chi connectivity index (χ2v) is 10.0. The molecule has 36 heavy (non-hydrogen) atoms. The van der Waals surface area contributed by atoms with Crippen molar-refractivity contribution in [2.24, 2.45) is 5.92 Å². The number of rotatable bonds is 4. The Morgan fingerprint density at radius 2 is 1.69 bits per heavy atom. The molecule has 0 saturated carbocycles. The van der Waals surface area contributed by atoms with Crippen LogP contribution in [0.2, 0.25) is 0 Å². The highest BCUT2D eigenvalue weighted by atomic mass is 16.3. The van der Waals surface area contributed by atoms with Gasteiger partial charge in [0.2, 0.25) is 0 Å². The van der Waals surface area contributed by atoms with Crippen LogP contribution in [0.25, 0.3) is 44.5 Å². The quantitative estimate of drug-likeness (QED) is 0.294. The first-order chi connectivity index (χ1) is 17.6. The van der Waals surface area contributed by atoms with Crippen LogP contribution in [0.5, 0.6) is 5.75 Å². The number of H-pyrrole nitrogens is 2. The Hall–Kier alpha value is -4.10. The van der Waals surface area contributed by atoms with Gasteiger partial charge in [0, 0.05) is 18.0 Å². The molecule has 3 aromatic carbocycles. The van der Waals surface area contributed by atoms with Gasteiger partial charge in [-0.15, -0.1) is 0 Å². The minimum Gasteiger partial charge on any atom is -0.508 e. The molecule has 3 saturated heterocycles. The lowest BCUT2D eigenvalue weighted by Gasteiger charge is -2.45. The van der Waals surface area contributed by atoms with Gasteiger partial charge in [0.1, 0.15) is 17.1 Å². The highest BCUT2D eigenvalue weighted by Crippen LogP contribution is 2.37. The number of anilines is 1. The summed E-state index contributed by atoms with van der Waals surface area (Å²) in [5.41, 5.74) is 5.73. The van der Waals surface area contributed by atoms with E-state index < -0.39 is 0 Å². The molecule has 8 rings (SSSR count). The molecular formula is C29H27N5O2. The zero-order valence-electron chi connectivity index (χ0n) is 19.8. The lowest BCUT2D eigenvalue weighted by atomic mass is 9.83. The maximum atomic E-state index is 13.5. The second-order valence-electron chi connectivity index (χ2n) is 10.0. The van der Waals surface area contributed by atoms with E-state index in [0.717, 1.165) is 58.4 Å². The summed E-state index contributed by atoms with van der Waals surface area (Å²) < 4.78 is 0. The fourth-order valence-corrected chi connectivity index (χ4v) is 5.89. The molecule has 0 amide bonds. The summed E-state index contributed by atoms with van der Waals surface area (Å²) in [4.78, 5) is 27.3. The van der Waals surface area contributed by atoms with Crippen LogP contribution in [0, 0.1) is 5.92 Å². The molecule has 7 nitrogen and oxygen atoms in total. The van der Waals surface area contributed by atoms with E-state index in [0.29, 0.717) is 17.3 Å². The van der Waals surface area contributed by atoms with E-state index in [2.05, 4.69) is 26.3 Å². The fourth-order valence-electron chi connectivity index (χ4n) is 5.89. The van der Waals surface area contributed by atoms with Gasteiger partial charge < -0.3 is 25.3 Å². The van der Waals surface area contributed by atoms with E-state index >= 15 is 0 Å². The van der Waals surface area contributed by atoms with Gasteiger partial charge in [-0.1, -0.05) is 30.3 Å². The third-order valence-electron chi connectivity index (χ3n) is 7.83. The lowest BCUT2D eigenvalue weighted by Crippen LogP contribution is -2.53. The number of aromatic hydroxyl groups is 1. The van der Waals surface area contributed by atoms with Gasteiger partial charge in [0.15, 0.2) is 0 Å². The van der Waals surface area contributed by atoms with Crippen molar-refractivity contribution < 1.29 is 5.11 Å². The van der Waals surface area contributed by atoms with Crippen molar-refractivity contribution in [1.82, 2.24) is 19.9 Å². The van der Waals surface area contributed by atoms with Crippen molar-refractivity contribution in [1.29, 1.82) is 0 Å². The van der Waals surface area contributed by atoms with Gasteiger partial charge in [-0.05, 0) is 79.4 Å². The molecule has 180 valence electrons. The Balaban J connectivity index is 1.44. The molecule has 0 spiro atoms. The first-order valence-corrected chi connectivity index (χ1v) is 12.6. The average Bonchev–Trinajstić information content (AvgIpc) is 3.33. The molecule has 1 atom stereocenters. The van der Waals surface area contributed by atoms with Crippen LogP contribution in [-0.2, 0) is 0 Å². The van der Waals surface area contributed by atoms with Crippen LogP contribution >= 0.6 is 0 Å². The largest absolute Gasteiger partial charge is 0.508 e. The van der Waals surface area contributed by atoms with Crippen molar-refractivity contribution >= 4 is 27.6 Å². The summed E-state index contributed by atoms with van der Waals surface area (Å²) in [6.45, 7) is 3.29. The van der Waals surface area contributed by atoms with E-state index in [4.69, 9.17) is 4.98 Å². The molecule has 7 heteroatoms. The first-order valence-electron chi connectivity index (χ1n) is 12.6. The molecule has 3 fully saturated rings. The molecule has 5 heterocycles. The zero-order chi connectivity index (χ0) is 24.2. The van der Waals surface area contributed by atoms with Crippen LogP contribution in [0.1, 0.15) is 12.8 Å². The van der Waals surface area contributed by atoms with Crippen molar-refractivity contribution in [2.75, 3.05) is 25.0 Å². The number of hydrogen-bond donors (Lipinski definition) is 4. The molecule has 2 aromatic heterocycles. The highest BCUT2D eigenvalue weighted by Gasteiger charge is 2.35. The summed E-state index contributed by atoms with van der Waals surface area (Å²) in [7, 11) is 0. The van der Waals surface area contributed by atoms with E-state index in [9.17, 15) is 9.90 Å². The Morgan fingerprint density at radius 1 is 0.917 bits per heavy atom. The Labute approximate surface area is 207 Å². The standard InChI is InChI=1S/C29H27N5O2/c35-20-8-5-17(6-9-20)19-7-10-22-21(15-19)27(30-25-16-34-13-11-18(25)12-14-34)26(29(36)33-22)28-31-23-3-1-2-4-24(23)32-28/h1-10,15,18,25,35H,11-14,16H2,(H,31,32)(H2,30,33,36)/t25-/m1/s1. The van der Waals surface area contributed by atoms with E-state index in [1.165, 1.54) is 12.8 Å². The predicted molar refractivity (Wildman–Crippen MR) is 143 cm³/mol. The van der Waals surface area contributed by atoms with E-state index in [-0.39, 0.29) is 17.4 Å². The molecule has 5 aromatic rings. The van der Waals surface area contributed by atoms with Gasteiger partial charge in [-0.2, -0.15) is 0 Å². The minimum atomic E-state index is -0.164. The van der Waals surface area contributed by atoms with Gasteiger partial charge in [0.25, 0.3) is 5.56 Å². The van der Waals surface area contributed by atoms with E-state index in [1.807, 2.05) is 48.5 Å². The predicted octanol–water partition coefficient (Wildman–Crippen LogP) is 4.95. The van der Waals surface area contributed by atoms with Crippen LogP contribution in [-0.4, -0.2) is 50.6 Å². The normalized spacial score (nSPS) is 21.3. The Bertz CT molecular complexity index is 1610. The van der Waals surface area contributed by atoms with Crippen LogP contribution in [0.3, 0.4) is 0 Å². The number of hydrogen-bond acceptors (Lipinski definition) is 5. The molecule has 4 N–H and O–H groups in total. The number of imidazole rings is 1. The number of phenolic OH excluding ortho intramolecular Hbond substituents is 1. The van der Waals surface area contributed by atoms with Gasteiger partial charge in [-0.25, -0.2) is 4.98 Å². The number of aromatic amines is 2. The van der Waals surface area contributed by atoms with Crippen LogP contribution in [0.15, 0.2) is 71.5 Å². The SMILES string of the molecule is O=c1[nH]c2ccc(-c3ccc(O)cc3)cc2c(N[C@@H]2CN3CCC2CC3)c1-c1nc2ccccc2[nH]1. The topological polar surface area (TPSA) is 97.0 Å². The van der Waals surface area contributed by atoms with Gasteiger partial charge in [0.05, 0.1) is 22.2 Å². The summed E-state index contributed by atoms with van der Waals surface area (Å²) in [5.74, 6) is 1.40. The van der Waals surface area contributed by atoms with Crippen molar-refractivity contribution in [3.05, 3.63) is 77.1 Å². The minimum absolute atomic E-state index is 0.164. The van der Waals surface area contributed by atoms with Crippen LogP contribution < -0.4 is 10.9 Å².